The largest absolute Gasteiger partial charge is 0.467 e. The molecule has 5 nitrogen and oxygen atoms in total. The molecule has 1 aromatic rings. The van der Waals surface area contributed by atoms with E-state index in [-0.39, 0.29) is 12.5 Å². The summed E-state index contributed by atoms with van der Waals surface area (Å²) in [6, 6.07) is 8.80. The van der Waals surface area contributed by atoms with Crippen molar-refractivity contribution in [2.24, 2.45) is 0 Å². The predicted octanol–water partition coefficient (Wildman–Crippen LogP) is 1.17. The quantitative estimate of drug-likeness (QED) is 0.744. The van der Waals surface area contributed by atoms with Crippen molar-refractivity contribution in [1.29, 1.82) is 0 Å². The third kappa shape index (κ3) is 4.45. The number of benzene rings is 1. The smallest absolute Gasteiger partial charge is 0.328 e. The Balaban J connectivity index is 2.39. The van der Waals surface area contributed by atoms with Gasteiger partial charge in [-0.05, 0) is 18.6 Å². The van der Waals surface area contributed by atoms with Crippen LogP contribution < -0.4 is 10.6 Å². The zero-order valence-corrected chi connectivity index (χ0v) is 10.6. The number of hydrogen-bond acceptors (Lipinski definition) is 4. The molecular weight excluding hydrogens is 232 g/mol. The van der Waals surface area contributed by atoms with Gasteiger partial charge in [-0.3, -0.25) is 4.79 Å². The van der Waals surface area contributed by atoms with E-state index in [0.717, 1.165) is 5.69 Å². The van der Waals surface area contributed by atoms with Crippen LogP contribution in [0, 0.1) is 0 Å². The Bertz CT molecular complexity index is 392. The normalized spacial score (nSPS) is 11.4. The summed E-state index contributed by atoms with van der Waals surface area (Å²) in [5.74, 6) is -0.665. The minimum atomic E-state index is -0.583. The molecule has 0 radical (unpaired) electrons. The minimum Gasteiger partial charge on any atom is -0.467 e. The average Bonchev–Trinajstić information content (AvgIpc) is 2.42. The highest BCUT2D eigenvalue weighted by Gasteiger charge is 2.18. The number of ether oxygens (including phenoxy) is 1. The highest BCUT2D eigenvalue weighted by molar-refractivity contribution is 5.86. The van der Waals surface area contributed by atoms with Gasteiger partial charge in [-0.15, -0.1) is 0 Å². The Morgan fingerprint density at radius 1 is 1.28 bits per heavy atom. The van der Waals surface area contributed by atoms with E-state index in [9.17, 15) is 9.59 Å². The second kappa shape index (κ2) is 7.32. The van der Waals surface area contributed by atoms with Crippen LogP contribution in [0.4, 0.5) is 5.69 Å². The molecule has 2 N–H and O–H groups in total. The molecule has 0 aromatic heterocycles. The standard InChI is InChI=1S/C13H18N2O3/c1-3-11(13(17)18-2)15-12(16)9-14-10-7-5-4-6-8-10/h4-8,11,14H,3,9H2,1-2H3,(H,15,16). The van der Waals surface area contributed by atoms with E-state index in [1.54, 1.807) is 0 Å². The van der Waals surface area contributed by atoms with Gasteiger partial charge in [0.1, 0.15) is 6.04 Å². The highest BCUT2D eigenvalue weighted by atomic mass is 16.5. The van der Waals surface area contributed by atoms with Gasteiger partial charge in [-0.2, -0.15) is 0 Å². The molecule has 1 rings (SSSR count). The number of esters is 1. The molecule has 0 spiro atoms. The third-order valence-corrected chi connectivity index (χ3v) is 2.46. The highest BCUT2D eigenvalue weighted by Crippen LogP contribution is 2.03. The third-order valence-electron chi connectivity index (χ3n) is 2.46. The molecule has 0 saturated heterocycles. The molecule has 0 aliphatic carbocycles. The second-order valence-corrected chi connectivity index (χ2v) is 3.77. The Morgan fingerprint density at radius 2 is 1.94 bits per heavy atom. The van der Waals surface area contributed by atoms with E-state index in [4.69, 9.17) is 0 Å². The van der Waals surface area contributed by atoms with Crippen molar-refractivity contribution in [1.82, 2.24) is 5.32 Å². The van der Waals surface area contributed by atoms with Crippen LogP contribution in [0.15, 0.2) is 30.3 Å². The maximum absolute atomic E-state index is 11.6. The van der Waals surface area contributed by atoms with Gasteiger partial charge < -0.3 is 15.4 Å². The number of amides is 1. The van der Waals surface area contributed by atoms with E-state index in [1.807, 2.05) is 37.3 Å². The number of carbonyl (C=O) groups is 2. The summed E-state index contributed by atoms with van der Waals surface area (Å²) in [7, 11) is 1.30. The van der Waals surface area contributed by atoms with Crippen molar-refractivity contribution < 1.29 is 14.3 Å². The van der Waals surface area contributed by atoms with Gasteiger partial charge in [0.25, 0.3) is 0 Å². The van der Waals surface area contributed by atoms with Crippen LogP contribution in [0.5, 0.6) is 0 Å². The zero-order valence-electron chi connectivity index (χ0n) is 10.6. The second-order valence-electron chi connectivity index (χ2n) is 3.77. The van der Waals surface area contributed by atoms with Crippen molar-refractivity contribution in [3.63, 3.8) is 0 Å². The molecule has 1 amide bonds. The molecule has 5 heteroatoms. The van der Waals surface area contributed by atoms with E-state index < -0.39 is 12.0 Å². The van der Waals surface area contributed by atoms with E-state index in [2.05, 4.69) is 15.4 Å². The van der Waals surface area contributed by atoms with Gasteiger partial charge in [0.2, 0.25) is 5.91 Å². The fourth-order valence-corrected chi connectivity index (χ4v) is 1.45. The van der Waals surface area contributed by atoms with Crippen LogP contribution in [0.25, 0.3) is 0 Å². The molecule has 0 bridgehead atoms. The summed E-state index contributed by atoms with van der Waals surface area (Å²) in [5.41, 5.74) is 0.860. The maximum atomic E-state index is 11.6. The summed E-state index contributed by atoms with van der Waals surface area (Å²) >= 11 is 0. The van der Waals surface area contributed by atoms with E-state index in [1.165, 1.54) is 7.11 Å². The first-order valence-corrected chi connectivity index (χ1v) is 5.83. The molecule has 0 aliphatic rings. The van der Waals surface area contributed by atoms with Crippen LogP contribution >= 0.6 is 0 Å². The summed E-state index contributed by atoms with van der Waals surface area (Å²) in [6.07, 6.45) is 0.504. The molecule has 1 unspecified atom stereocenters. The van der Waals surface area contributed by atoms with Crippen molar-refractivity contribution in [3.05, 3.63) is 30.3 Å². The van der Waals surface area contributed by atoms with Crippen molar-refractivity contribution in [3.8, 4) is 0 Å². The van der Waals surface area contributed by atoms with Gasteiger partial charge in [0.05, 0.1) is 13.7 Å². The van der Waals surface area contributed by atoms with Crippen molar-refractivity contribution in [2.75, 3.05) is 19.0 Å². The van der Waals surface area contributed by atoms with Crippen molar-refractivity contribution in [2.45, 2.75) is 19.4 Å². The molecule has 1 aromatic carbocycles. The summed E-state index contributed by atoms with van der Waals surface area (Å²) in [4.78, 5) is 22.9. The number of para-hydroxylation sites is 1. The van der Waals surface area contributed by atoms with Crippen LogP contribution in [-0.2, 0) is 14.3 Å². The van der Waals surface area contributed by atoms with Gasteiger partial charge in [0.15, 0.2) is 0 Å². The first kappa shape index (κ1) is 14.0. The molecule has 0 fully saturated rings. The lowest BCUT2D eigenvalue weighted by Gasteiger charge is -2.14. The van der Waals surface area contributed by atoms with Crippen LogP contribution in [-0.4, -0.2) is 31.6 Å². The topological polar surface area (TPSA) is 67.4 Å². The summed E-state index contributed by atoms with van der Waals surface area (Å²) in [6.45, 7) is 1.93. The Kier molecular flexibility index (Phi) is 5.70. The number of rotatable bonds is 6. The number of carbonyl (C=O) groups excluding carboxylic acids is 2. The number of anilines is 1. The lowest BCUT2D eigenvalue weighted by molar-refractivity contribution is -0.144. The Morgan fingerprint density at radius 3 is 2.50 bits per heavy atom. The number of methoxy groups -OCH3 is 1. The Hall–Kier alpha value is -2.04. The SMILES string of the molecule is CCC(NC(=O)CNc1ccccc1)C(=O)OC. The van der Waals surface area contributed by atoms with Gasteiger partial charge in [0, 0.05) is 5.69 Å². The first-order valence-electron chi connectivity index (χ1n) is 5.83. The summed E-state index contributed by atoms with van der Waals surface area (Å²) < 4.78 is 4.59. The fraction of sp³-hybridized carbons (Fsp3) is 0.385. The number of nitrogens with one attached hydrogen (secondary N) is 2. The molecule has 98 valence electrons. The first-order chi connectivity index (χ1) is 8.67. The lowest BCUT2D eigenvalue weighted by Crippen LogP contribution is -2.43. The Labute approximate surface area is 107 Å². The predicted molar refractivity (Wildman–Crippen MR) is 69.2 cm³/mol. The molecule has 1 atom stereocenters. The van der Waals surface area contributed by atoms with E-state index in [0.29, 0.717) is 6.42 Å². The molecule has 0 saturated carbocycles. The molecule has 0 aliphatic heterocycles. The van der Waals surface area contributed by atoms with Crippen LogP contribution in [0.1, 0.15) is 13.3 Å². The monoisotopic (exact) mass is 250 g/mol. The van der Waals surface area contributed by atoms with Crippen LogP contribution in [0.2, 0.25) is 0 Å². The zero-order chi connectivity index (χ0) is 13.4. The maximum Gasteiger partial charge on any atom is 0.328 e. The summed E-state index contributed by atoms with van der Waals surface area (Å²) in [5, 5.41) is 5.58. The van der Waals surface area contributed by atoms with Crippen LogP contribution in [0.3, 0.4) is 0 Å². The van der Waals surface area contributed by atoms with Gasteiger partial charge >= 0.3 is 5.97 Å². The fourth-order valence-electron chi connectivity index (χ4n) is 1.45. The molecule has 18 heavy (non-hydrogen) atoms. The number of hydrogen-bond donors (Lipinski definition) is 2. The van der Waals surface area contributed by atoms with Gasteiger partial charge in [-0.1, -0.05) is 25.1 Å². The molecule has 0 heterocycles. The van der Waals surface area contributed by atoms with Gasteiger partial charge in [-0.25, -0.2) is 4.79 Å². The lowest BCUT2D eigenvalue weighted by atomic mass is 10.2. The molecular formula is C13H18N2O3. The minimum absolute atomic E-state index is 0.123. The van der Waals surface area contributed by atoms with E-state index >= 15 is 0 Å². The van der Waals surface area contributed by atoms with Crippen molar-refractivity contribution >= 4 is 17.6 Å². The average molecular weight is 250 g/mol.